The van der Waals surface area contributed by atoms with E-state index in [0.717, 1.165) is 0 Å². The largest absolute Gasteiger partial charge is 0.324 e. The molecule has 0 aliphatic rings. The first kappa shape index (κ1) is 14.6. The number of nitrogens with zero attached hydrogens (tertiary/aromatic N) is 1. The van der Waals surface area contributed by atoms with Gasteiger partial charge in [-0.3, -0.25) is 9.59 Å². The van der Waals surface area contributed by atoms with Crippen LogP contribution in [0.15, 0.2) is 46.5 Å². The van der Waals surface area contributed by atoms with Crippen molar-refractivity contribution in [2.75, 3.05) is 5.32 Å². The van der Waals surface area contributed by atoms with Gasteiger partial charge in [0.2, 0.25) is 5.91 Å². The molecule has 0 radical (unpaired) electrons. The number of anilines is 1. The van der Waals surface area contributed by atoms with Crippen molar-refractivity contribution in [3.05, 3.63) is 51.9 Å². The summed E-state index contributed by atoms with van der Waals surface area (Å²) in [5.74, 6) is -0.213. The lowest BCUT2D eigenvalue weighted by Crippen LogP contribution is -2.23. The Balaban J connectivity index is 2.02. The van der Waals surface area contributed by atoms with Crippen molar-refractivity contribution in [1.82, 2.24) is 9.97 Å². The fourth-order valence-electron chi connectivity index (χ4n) is 1.43. The van der Waals surface area contributed by atoms with Crippen LogP contribution in [0.2, 0.25) is 5.02 Å². The van der Waals surface area contributed by atoms with Crippen LogP contribution < -0.4 is 10.9 Å². The van der Waals surface area contributed by atoms with Gasteiger partial charge in [0, 0.05) is 12.3 Å². The summed E-state index contributed by atoms with van der Waals surface area (Å²) in [7, 11) is 0. The van der Waals surface area contributed by atoms with Crippen LogP contribution in [0.4, 0.5) is 5.69 Å². The van der Waals surface area contributed by atoms with Gasteiger partial charge in [-0.1, -0.05) is 35.5 Å². The molecule has 0 aliphatic carbocycles. The fourth-order valence-corrected chi connectivity index (χ4v) is 2.39. The third-order valence-electron chi connectivity index (χ3n) is 2.44. The lowest BCUT2D eigenvalue weighted by molar-refractivity contribution is -0.115. The second-order valence-corrected chi connectivity index (χ2v) is 5.71. The first-order valence-corrected chi connectivity index (χ1v) is 7.09. The number of para-hydroxylation sites is 1. The molecule has 2 aromatic rings. The second-order valence-electron chi connectivity index (χ2n) is 3.97. The predicted molar refractivity (Wildman–Crippen MR) is 80.3 cm³/mol. The van der Waals surface area contributed by atoms with Gasteiger partial charge in [-0.25, -0.2) is 4.98 Å². The average Bonchev–Trinajstić information content (AvgIpc) is 2.41. The van der Waals surface area contributed by atoms with Gasteiger partial charge in [0.25, 0.3) is 5.56 Å². The Labute approximate surface area is 124 Å². The quantitative estimate of drug-likeness (QED) is 0.672. The highest BCUT2D eigenvalue weighted by Crippen LogP contribution is 2.23. The highest BCUT2D eigenvalue weighted by Gasteiger charge is 2.16. The molecular formula is C13H12ClN3O2S. The third-order valence-corrected chi connectivity index (χ3v) is 3.77. The number of aromatic nitrogens is 2. The second kappa shape index (κ2) is 6.58. The van der Waals surface area contributed by atoms with Gasteiger partial charge in [-0.2, -0.15) is 0 Å². The number of halogens is 1. The van der Waals surface area contributed by atoms with E-state index >= 15 is 0 Å². The van der Waals surface area contributed by atoms with Crippen molar-refractivity contribution < 1.29 is 4.79 Å². The van der Waals surface area contributed by atoms with E-state index in [0.29, 0.717) is 15.9 Å². The summed E-state index contributed by atoms with van der Waals surface area (Å²) in [6.07, 6.45) is 1.40. The van der Waals surface area contributed by atoms with Crippen LogP contribution in [0.25, 0.3) is 0 Å². The zero-order chi connectivity index (χ0) is 14.5. The van der Waals surface area contributed by atoms with E-state index in [-0.39, 0.29) is 11.5 Å². The van der Waals surface area contributed by atoms with Crippen molar-refractivity contribution in [2.24, 2.45) is 0 Å². The minimum absolute atomic E-state index is 0.213. The minimum atomic E-state index is -0.420. The van der Waals surface area contributed by atoms with Gasteiger partial charge in [0.15, 0.2) is 5.16 Å². The van der Waals surface area contributed by atoms with Gasteiger partial charge in [0.1, 0.15) is 0 Å². The Morgan fingerprint density at radius 2 is 2.15 bits per heavy atom. The number of carbonyl (C=O) groups excluding carboxylic acids is 1. The Hall–Kier alpha value is -1.79. The van der Waals surface area contributed by atoms with Crippen LogP contribution in [-0.4, -0.2) is 21.1 Å². The van der Waals surface area contributed by atoms with Gasteiger partial charge in [-0.05, 0) is 19.1 Å². The first-order valence-electron chi connectivity index (χ1n) is 5.83. The normalized spacial score (nSPS) is 11.9. The summed E-state index contributed by atoms with van der Waals surface area (Å²) < 4.78 is 0. The topological polar surface area (TPSA) is 74.8 Å². The molecule has 104 valence electrons. The molecule has 2 rings (SSSR count). The number of hydrogen-bond donors (Lipinski definition) is 2. The van der Waals surface area contributed by atoms with Crippen LogP contribution in [-0.2, 0) is 4.79 Å². The highest BCUT2D eigenvalue weighted by molar-refractivity contribution is 8.00. The number of carbonyl (C=O) groups is 1. The van der Waals surface area contributed by atoms with E-state index in [9.17, 15) is 9.59 Å². The van der Waals surface area contributed by atoms with Crippen molar-refractivity contribution >= 4 is 35.0 Å². The van der Waals surface area contributed by atoms with Crippen LogP contribution >= 0.6 is 23.4 Å². The highest BCUT2D eigenvalue weighted by atomic mass is 35.5. The molecule has 1 atom stereocenters. The maximum absolute atomic E-state index is 12.0. The minimum Gasteiger partial charge on any atom is -0.324 e. The first-order chi connectivity index (χ1) is 9.56. The summed E-state index contributed by atoms with van der Waals surface area (Å²) in [4.78, 5) is 29.7. The van der Waals surface area contributed by atoms with Crippen LogP contribution in [0.1, 0.15) is 6.92 Å². The molecule has 0 fully saturated rings. The number of amides is 1. The van der Waals surface area contributed by atoms with Crippen molar-refractivity contribution in [1.29, 1.82) is 0 Å². The molecule has 20 heavy (non-hydrogen) atoms. The SMILES string of the molecule is CC(Sc1nccc(=O)[nH]1)C(=O)Nc1ccccc1Cl. The molecule has 1 unspecified atom stereocenters. The summed E-state index contributed by atoms with van der Waals surface area (Å²) >= 11 is 7.14. The lowest BCUT2D eigenvalue weighted by Gasteiger charge is -2.12. The summed E-state index contributed by atoms with van der Waals surface area (Å²) in [5.41, 5.74) is 0.308. The molecule has 1 heterocycles. The third kappa shape index (κ3) is 3.85. The number of benzene rings is 1. The number of H-pyrrole nitrogens is 1. The molecule has 0 saturated carbocycles. The summed E-state index contributed by atoms with van der Waals surface area (Å²) in [6.45, 7) is 1.73. The van der Waals surface area contributed by atoms with Crippen LogP contribution in [0.5, 0.6) is 0 Å². The van der Waals surface area contributed by atoms with Gasteiger partial charge in [0.05, 0.1) is 16.0 Å². The van der Waals surface area contributed by atoms with Gasteiger partial charge >= 0.3 is 0 Å². The number of rotatable bonds is 4. The number of hydrogen-bond acceptors (Lipinski definition) is 4. The van der Waals surface area contributed by atoms with E-state index in [4.69, 9.17) is 11.6 Å². The molecule has 0 saturated heterocycles. The molecule has 0 bridgehead atoms. The maximum atomic E-state index is 12.0. The molecule has 1 aromatic heterocycles. The monoisotopic (exact) mass is 309 g/mol. The van der Waals surface area contributed by atoms with Gasteiger partial charge in [-0.15, -0.1) is 0 Å². The lowest BCUT2D eigenvalue weighted by atomic mass is 10.3. The Bertz CT molecular complexity index is 674. The number of aromatic amines is 1. The fraction of sp³-hybridized carbons (Fsp3) is 0.154. The standard InChI is InChI=1S/C13H12ClN3O2S/c1-8(20-13-15-7-6-11(18)17-13)12(19)16-10-5-3-2-4-9(10)14/h2-8H,1H3,(H,16,19)(H,15,17,18). The molecule has 0 aliphatic heterocycles. The van der Waals surface area contributed by atoms with Crippen LogP contribution in [0.3, 0.4) is 0 Å². The van der Waals surface area contributed by atoms with E-state index in [2.05, 4.69) is 15.3 Å². The number of thioether (sulfide) groups is 1. The number of nitrogens with one attached hydrogen (secondary N) is 2. The Morgan fingerprint density at radius 1 is 1.40 bits per heavy atom. The molecular weight excluding hydrogens is 298 g/mol. The van der Waals surface area contributed by atoms with Gasteiger partial charge < -0.3 is 10.3 Å². The zero-order valence-corrected chi connectivity index (χ0v) is 12.2. The van der Waals surface area contributed by atoms with E-state index in [1.165, 1.54) is 24.0 Å². The van der Waals surface area contributed by atoms with E-state index in [1.54, 1.807) is 31.2 Å². The predicted octanol–water partition coefficient (Wildman–Crippen LogP) is 2.54. The Kier molecular flexibility index (Phi) is 4.81. The average molecular weight is 310 g/mol. The smallest absolute Gasteiger partial charge is 0.251 e. The Morgan fingerprint density at radius 3 is 2.85 bits per heavy atom. The molecule has 7 heteroatoms. The van der Waals surface area contributed by atoms with Crippen LogP contribution in [0, 0.1) is 0 Å². The van der Waals surface area contributed by atoms with Crippen molar-refractivity contribution in [3.8, 4) is 0 Å². The molecule has 2 N–H and O–H groups in total. The molecule has 5 nitrogen and oxygen atoms in total. The summed E-state index contributed by atoms with van der Waals surface area (Å²) in [6, 6.07) is 8.31. The van der Waals surface area contributed by atoms with E-state index in [1.807, 2.05) is 0 Å². The molecule has 1 amide bonds. The summed E-state index contributed by atoms with van der Waals surface area (Å²) in [5, 5.41) is 3.19. The van der Waals surface area contributed by atoms with Crippen molar-refractivity contribution in [3.63, 3.8) is 0 Å². The zero-order valence-electron chi connectivity index (χ0n) is 10.6. The van der Waals surface area contributed by atoms with E-state index < -0.39 is 5.25 Å². The maximum Gasteiger partial charge on any atom is 0.251 e. The molecule has 0 spiro atoms. The van der Waals surface area contributed by atoms with Crippen molar-refractivity contribution in [2.45, 2.75) is 17.3 Å². The molecule has 1 aromatic carbocycles.